The van der Waals surface area contributed by atoms with Gasteiger partial charge < -0.3 is 19.3 Å². The number of rotatable bonds is 9. The molecular weight excluding hydrogens is 514 g/mol. The minimum absolute atomic E-state index is 0.0122. The summed E-state index contributed by atoms with van der Waals surface area (Å²) in [5.41, 5.74) is 1.85. The van der Waals surface area contributed by atoms with Gasteiger partial charge in [-0.15, -0.1) is 0 Å². The molecule has 1 saturated heterocycles. The van der Waals surface area contributed by atoms with Gasteiger partial charge in [-0.25, -0.2) is 8.42 Å². The Morgan fingerprint density at radius 1 is 0.919 bits per heavy atom. The summed E-state index contributed by atoms with van der Waals surface area (Å²) in [7, 11) is -1.12. The zero-order chi connectivity index (χ0) is 26.4. The summed E-state index contributed by atoms with van der Waals surface area (Å²) < 4.78 is 39.8. The quantitative estimate of drug-likeness (QED) is 0.444. The van der Waals surface area contributed by atoms with E-state index in [1.165, 1.54) is 32.4 Å². The van der Waals surface area contributed by atoms with Gasteiger partial charge in [-0.1, -0.05) is 48.0 Å². The maximum atomic E-state index is 13.6. The van der Waals surface area contributed by atoms with Crippen molar-refractivity contribution in [1.82, 2.24) is 9.62 Å². The minimum atomic E-state index is -4.04. The average Bonchev–Trinajstić information content (AvgIpc) is 2.92. The van der Waals surface area contributed by atoms with Crippen LogP contribution in [0.15, 0.2) is 77.7 Å². The Balaban J connectivity index is 1.53. The lowest BCUT2D eigenvalue weighted by Gasteiger charge is -2.37. The molecule has 196 valence electrons. The lowest BCUT2D eigenvalue weighted by molar-refractivity contribution is -0.133. The molecule has 8 nitrogen and oxygen atoms in total. The van der Waals surface area contributed by atoms with Crippen LogP contribution in [0.4, 0.5) is 5.69 Å². The fraction of sp³-hybridized carbons (Fsp3) is 0.296. The van der Waals surface area contributed by atoms with Gasteiger partial charge in [-0.05, 0) is 42.3 Å². The number of hydrogen-bond donors (Lipinski definition) is 1. The van der Waals surface area contributed by atoms with Crippen LogP contribution in [0.25, 0.3) is 0 Å². The zero-order valence-corrected chi connectivity index (χ0v) is 22.3. The van der Waals surface area contributed by atoms with E-state index in [1.807, 2.05) is 54.6 Å². The van der Waals surface area contributed by atoms with E-state index in [4.69, 9.17) is 21.1 Å². The minimum Gasteiger partial charge on any atom is -0.493 e. The number of ether oxygens (including phenoxy) is 2. The first-order valence-corrected chi connectivity index (χ1v) is 13.7. The maximum Gasteiger partial charge on any atom is 0.241 e. The van der Waals surface area contributed by atoms with E-state index in [9.17, 15) is 13.2 Å². The monoisotopic (exact) mass is 543 g/mol. The summed E-state index contributed by atoms with van der Waals surface area (Å²) in [6.07, 6.45) is 0.223. The van der Waals surface area contributed by atoms with Gasteiger partial charge in [0.15, 0.2) is 11.5 Å². The predicted molar refractivity (Wildman–Crippen MR) is 144 cm³/mol. The highest BCUT2D eigenvalue weighted by molar-refractivity contribution is 7.89. The van der Waals surface area contributed by atoms with Crippen LogP contribution in [0.3, 0.4) is 0 Å². The average molecular weight is 544 g/mol. The van der Waals surface area contributed by atoms with Crippen LogP contribution < -0.4 is 19.1 Å². The highest BCUT2D eigenvalue weighted by Gasteiger charge is 2.32. The second kappa shape index (κ2) is 11.9. The Kier molecular flexibility index (Phi) is 8.58. The Morgan fingerprint density at radius 3 is 2.27 bits per heavy atom. The van der Waals surface area contributed by atoms with Crippen LogP contribution in [0, 0.1) is 0 Å². The van der Waals surface area contributed by atoms with Crippen molar-refractivity contribution < 1.29 is 22.7 Å². The molecule has 37 heavy (non-hydrogen) atoms. The summed E-state index contributed by atoms with van der Waals surface area (Å²) >= 11 is 6.14. The number of carbonyl (C=O) groups is 1. The number of carbonyl (C=O) groups excluding carboxylic acids is 1. The van der Waals surface area contributed by atoms with Gasteiger partial charge >= 0.3 is 0 Å². The Hall–Kier alpha value is -3.27. The highest BCUT2D eigenvalue weighted by atomic mass is 35.5. The molecule has 1 aliphatic heterocycles. The van der Waals surface area contributed by atoms with Crippen molar-refractivity contribution in [1.29, 1.82) is 0 Å². The van der Waals surface area contributed by atoms with E-state index in [0.29, 0.717) is 37.0 Å². The van der Waals surface area contributed by atoms with Gasteiger partial charge in [-0.2, -0.15) is 4.72 Å². The normalized spacial score (nSPS) is 14.8. The van der Waals surface area contributed by atoms with E-state index in [1.54, 1.807) is 4.90 Å². The van der Waals surface area contributed by atoms with Crippen LogP contribution in [0.2, 0.25) is 5.02 Å². The van der Waals surface area contributed by atoms with E-state index in [-0.39, 0.29) is 23.0 Å². The van der Waals surface area contributed by atoms with Gasteiger partial charge in [0.2, 0.25) is 15.9 Å². The topological polar surface area (TPSA) is 88.2 Å². The molecule has 1 heterocycles. The number of anilines is 1. The number of methoxy groups -OCH3 is 2. The van der Waals surface area contributed by atoms with Crippen LogP contribution in [-0.2, 0) is 21.2 Å². The second-order valence-electron chi connectivity index (χ2n) is 8.67. The first-order chi connectivity index (χ1) is 17.8. The third-order valence-electron chi connectivity index (χ3n) is 6.31. The van der Waals surface area contributed by atoms with E-state index in [2.05, 4.69) is 9.62 Å². The van der Waals surface area contributed by atoms with Crippen molar-refractivity contribution in [2.24, 2.45) is 0 Å². The molecule has 0 unspecified atom stereocenters. The first kappa shape index (κ1) is 26.8. The molecule has 1 N–H and O–H groups in total. The molecule has 10 heteroatoms. The van der Waals surface area contributed by atoms with Crippen LogP contribution in [-0.4, -0.2) is 65.7 Å². The molecule has 3 aromatic carbocycles. The van der Waals surface area contributed by atoms with Gasteiger partial charge in [0, 0.05) is 43.0 Å². The molecule has 0 aliphatic carbocycles. The van der Waals surface area contributed by atoms with Crippen LogP contribution in [0.1, 0.15) is 5.56 Å². The lowest BCUT2D eigenvalue weighted by Crippen LogP contribution is -2.55. The summed E-state index contributed by atoms with van der Waals surface area (Å²) in [5, 5.41) is 0.656. The standard InChI is InChI=1S/C27H30ClN3O5S/c1-35-25-12-11-23(19-26(25)36-2)37(33,34)29-24(17-20-7-4-3-5-8-20)27(32)31-15-13-30(14-16-31)22-10-6-9-21(28)18-22/h3-12,18-19,24,29H,13-17H2,1-2H3/t24-/m0/s1. The summed E-state index contributed by atoms with van der Waals surface area (Å²) in [4.78, 5) is 17.5. The van der Waals surface area contributed by atoms with E-state index >= 15 is 0 Å². The molecule has 0 bridgehead atoms. The number of amides is 1. The molecule has 1 atom stereocenters. The van der Waals surface area contributed by atoms with Gasteiger partial charge in [-0.3, -0.25) is 4.79 Å². The largest absolute Gasteiger partial charge is 0.493 e. The maximum absolute atomic E-state index is 13.6. The first-order valence-electron chi connectivity index (χ1n) is 11.9. The molecule has 4 rings (SSSR count). The molecule has 0 spiro atoms. The predicted octanol–water partition coefficient (Wildman–Crippen LogP) is 3.60. The van der Waals surface area contributed by atoms with Gasteiger partial charge in [0.1, 0.15) is 6.04 Å². The number of halogens is 1. The third kappa shape index (κ3) is 6.54. The Bertz CT molecular complexity index is 1330. The number of piperazine rings is 1. The van der Waals surface area contributed by atoms with Crippen molar-refractivity contribution in [2.45, 2.75) is 17.4 Å². The molecule has 0 saturated carbocycles. The van der Waals surface area contributed by atoms with E-state index < -0.39 is 16.1 Å². The summed E-state index contributed by atoms with van der Waals surface area (Å²) in [6.45, 7) is 2.17. The third-order valence-corrected chi connectivity index (χ3v) is 8.01. The van der Waals surface area contributed by atoms with Crippen molar-refractivity contribution >= 4 is 33.2 Å². The van der Waals surface area contributed by atoms with Crippen molar-refractivity contribution in [3.05, 3.63) is 83.4 Å². The van der Waals surface area contributed by atoms with Crippen molar-refractivity contribution in [3.63, 3.8) is 0 Å². The van der Waals surface area contributed by atoms with Crippen molar-refractivity contribution in [3.8, 4) is 11.5 Å². The zero-order valence-electron chi connectivity index (χ0n) is 20.8. The highest BCUT2D eigenvalue weighted by Crippen LogP contribution is 2.29. The number of hydrogen-bond acceptors (Lipinski definition) is 6. The van der Waals surface area contributed by atoms with Crippen LogP contribution >= 0.6 is 11.6 Å². The lowest BCUT2D eigenvalue weighted by atomic mass is 10.1. The molecule has 0 aromatic heterocycles. The van der Waals surface area contributed by atoms with Gasteiger partial charge in [0.25, 0.3) is 0 Å². The number of nitrogens with zero attached hydrogens (tertiary/aromatic N) is 2. The molecular formula is C27H30ClN3O5S. The van der Waals surface area contributed by atoms with E-state index in [0.717, 1.165) is 11.3 Å². The summed E-state index contributed by atoms with van der Waals surface area (Å²) in [6, 6.07) is 20.3. The summed E-state index contributed by atoms with van der Waals surface area (Å²) in [5.74, 6) is 0.433. The number of nitrogens with one attached hydrogen (secondary N) is 1. The fourth-order valence-corrected chi connectivity index (χ4v) is 5.74. The Morgan fingerprint density at radius 2 is 1.62 bits per heavy atom. The Labute approximate surface area is 222 Å². The molecule has 1 aliphatic rings. The molecule has 1 amide bonds. The number of sulfonamides is 1. The molecule has 0 radical (unpaired) electrons. The molecule has 1 fully saturated rings. The second-order valence-corrected chi connectivity index (χ2v) is 10.8. The van der Waals surface area contributed by atoms with Gasteiger partial charge in [0.05, 0.1) is 19.1 Å². The fourth-order valence-electron chi connectivity index (χ4n) is 4.35. The smallest absolute Gasteiger partial charge is 0.241 e. The van der Waals surface area contributed by atoms with Crippen LogP contribution in [0.5, 0.6) is 11.5 Å². The number of benzene rings is 3. The molecule has 3 aromatic rings. The van der Waals surface area contributed by atoms with Crippen molar-refractivity contribution in [2.75, 3.05) is 45.3 Å². The SMILES string of the molecule is COc1ccc(S(=O)(=O)N[C@@H](Cc2ccccc2)C(=O)N2CCN(c3cccc(Cl)c3)CC2)cc1OC.